The average molecular weight is 310 g/mol. The second kappa shape index (κ2) is 6.29. The molecule has 0 amide bonds. The number of aromatic nitrogens is 2. The van der Waals surface area contributed by atoms with Gasteiger partial charge < -0.3 is 5.73 Å². The van der Waals surface area contributed by atoms with Crippen LogP contribution < -0.4 is 5.73 Å². The van der Waals surface area contributed by atoms with Crippen LogP contribution in [-0.2, 0) is 13.5 Å². The molecule has 2 aliphatic carbocycles. The molecule has 4 unspecified atom stereocenters. The minimum atomic E-state index is 0.222. The highest BCUT2D eigenvalue weighted by molar-refractivity contribution is 6.31. The molecule has 0 aromatic carbocycles. The van der Waals surface area contributed by atoms with Gasteiger partial charge in [0, 0.05) is 19.5 Å². The van der Waals surface area contributed by atoms with Gasteiger partial charge in [-0.3, -0.25) is 4.68 Å². The smallest absolute Gasteiger partial charge is 0.0847 e. The fourth-order valence-corrected chi connectivity index (χ4v) is 4.83. The van der Waals surface area contributed by atoms with Crippen LogP contribution in [0.2, 0.25) is 5.02 Å². The lowest BCUT2D eigenvalue weighted by atomic mass is 9.66. The topological polar surface area (TPSA) is 43.8 Å². The van der Waals surface area contributed by atoms with Crippen molar-refractivity contribution in [1.82, 2.24) is 9.78 Å². The predicted molar refractivity (Wildman–Crippen MR) is 87.4 cm³/mol. The highest BCUT2D eigenvalue weighted by atomic mass is 35.5. The molecule has 1 aromatic heterocycles. The number of nitrogens with two attached hydrogens (primary N) is 1. The van der Waals surface area contributed by atoms with Crippen molar-refractivity contribution in [3.05, 3.63) is 16.4 Å². The van der Waals surface area contributed by atoms with Gasteiger partial charge in [-0.2, -0.15) is 5.10 Å². The third kappa shape index (κ3) is 3.14. The third-order valence-electron chi connectivity index (χ3n) is 5.88. The summed E-state index contributed by atoms with van der Waals surface area (Å²) in [5.41, 5.74) is 8.57. The van der Waals surface area contributed by atoms with Crippen molar-refractivity contribution in [3.8, 4) is 0 Å². The molecule has 1 heterocycles. The number of hydrogen-bond donors (Lipinski definition) is 1. The summed E-state index contributed by atoms with van der Waals surface area (Å²) < 4.78 is 1.91. The van der Waals surface area contributed by atoms with E-state index >= 15 is 0 Å². The molecular formula is C17H28ClN3. The maximum atomic E-state index is 6.55. The molecule has 1 aromatic rings. The molecule has 118 valence electrons. The Labute approximate surface area is 133 Å². The van der Waals surface area contributed by atoms with Crippen LogP contribution in [0.3, 0.4) is 0 Å². The lowest BCUT2D eigenvalue weighted by Crippen LogP contribution is -2.39. The monoisotopic (exact) mass is 309 g/mol. The molecule has 4 atom stereocenters. The van der Waals surface area contributed by atoms with Crippen molar-refractivity contribution in [2.45, 2.75) is 64.3 Å². The first-order valence-corrected chi connectivity index (χ1v) is 8.87. The van der Waals surface area contributed by atoms with Crippen LogP contribution in [-0.4, -0.2) is 15.8 Å². The maximum Gasteiger partial charge on any atom is 0.0847 e. The Balaban J connectivity index is 1.64. The Bertz CT molecular complexity index is 496. The Kier molecular flexibility index (Phi) is 4.60. The highest BCUT2D eigenvalue weighted by Gasteiger charge is 2.34. The summed E-state index contributed by atoms with van der Waals surface area (Å²) in [5.74, 6) is 2.59. The van der Waals surface area contributed by atoms with E-state index in [2.05, 4.69) is 5.10 Å². The van der Waals surface area contributed by atoms with Gasteiger partial charge in [-0.15, -0.1) is 0 Å². The van der Waals surface area contributed by atoms with Crippen molar-refractivity contribution >= 4 is 11.6 Å². The maximum absolute atomic E-state index is 6.55. The van der Waals surface area contributed by atoms with Crippen LogP contribution in [0.15, 0.2) is 0 Å². The summed E-state index contributed by atoms with van der Waals surface area (Å²) in [5, 5.41) is 5.21. The van der Waals surface area contributed by atoms with Gasteiger partial charge in [0.15, 0.2) is 0 Å². The number of rotatable bonds is 3. The lowest BCUT2D eigenvalue weighted by molar-refractivity contribution is 0.117. The summed E-state index contributed by atoms with van der Waals surface area (Å²) in [7, 11) is 1.97. The summed E-state index contributed by atoms with van der Waals surface area (Å²) >= 11 is 6.37. The van der Waals surface area contributed by atoms with Crippen molar-refractivity contribution in [1.29, 1.82) is 0 Å². The zero-order chi connectivity index (χ0) is 15.0. The lowest BCUT2D eigenvalue weighted by Gasteiger charge is -2.41. The molecule has 3 nitrogen and oxygen atoms in total. The van der Waals surface area contributed by atoms with Crippen LogP contribution >= 0.6 is 11.6 Å². The molecule has 2 aliphatic rings. The second-order valence-electron chi connectivity index (χ2n) is 7.22. The van der Waals surface area contributed by atoms with Crippen LogP contribution in [0.1, 0.15) is 56.3 Å². The molecule has 21 heavy (non-hydrogen) atoms. The van der Waals surface area contributed by atoms with E-state index in [1.807, 2.05) is 18.7 Å². The zero-order valence-corrected chi connectivity index (χ0v) is 14.1. The average Bonchev–Trinajstić information content (AvgIpc) is 2.73. The molecule has 2 N–H and O–H groups in total. The predicted octanol–water partition coefficient (Wildman–Crippen LogP) is 3.86. The van der Waals surface area contributed by atoms with E-state index in [1.165, 1.54) is 44.9 Å². The summed E-state index contributed by atoms with van der Waals surface area (Å²) in [6.45, 7) is 1.96. The Hall–Kier alpha value is -0.540. The van der Waals surface area contributed by atoms with Crippen LogP contribution in [0, 0.1) is 24.7 Å². The SMILES string of the molecule is Cc1nn(C)c(CC(N)C2CCC3CCCCC3C2)c1Cl. The van der Waals surface area contributed by atoms with E-state index in [0.29, 0.717) is 5.92 Å². The molecule has 0 bridgehead atoms. The van der Waals surface area contributed by atoms with Crippen LogP contribution in [0.4, 0.5) is 0 Å². The first-order valence-electron chi connectivity index (χ1n) is 8.49. The van der Waals surface area contributed by atoms with Crippen molar-refractivity contribution < 1.29 is 0 Å². The standard InChI is InChI=1S/C17H28ClN3/c1-11-17(18)16(21(2)20-11)10-15(19)14-8-7-12-5-3-4-6-13(12)9-14/h12-15H,3-10,19H2,1-2H3. The van der Waals surface area contributed by atoms with E-state index in [9.17, 15) is 0 Å². The number of aryl methyl sites for hydroxylation is 2. The molecule has 0 saturated heterocycles. The van der Waals surface area contributed by atoms with E-state index in [4.69, 9.17) is 17.3 Å². The zero-order valence-electron chi connectivity index (χ0n) is 13.3. The fourth-order valence-electron chi connectivity index (χ4n) is 4.59. The first-order chi connectivity index (χ1) is 10.1. The molecule has 4 heteroatoms. The molecule has 0 spiro atoms. The van der Waals surface area contributed by atoms with E-state index in [0.717, 1.165) is 34.7 Å². The minimum Gasteiger partial charge on any atom is -0.327 e. The Morgan fingerprint density at radius 1 is 1.24 bits per heavy atom. The fraction of sp³-hybridized carbons (Fsp3) is 0.824. The van der Waals surface area contributed by atoms with Gasteiger partial charge in [0.2, 0.25) is 0 Å². The first kappa shape index (κ1) is 15.4. The number of hydrogen-bond acceptors (Lipinski definition) is 2. The van der Waals surface area contributed by atoms with Gasteiger partial charge in [-0.25, -0.2) is 0 Å². The largest absolute Gasteiger partial charge is 0.327 e. The normalized spacial score (nSPS) is 31.0. The van der Waals surface area contributed by atoms with Gasteiger partial charge >= 0.3 is 0 Å². The van der Waals surface area contributed by atoms with E-state index < -0.39 is 0 Å². The molecule has 0 aliphatic heterocycles. The highest BCUT2D eigenvalue weighted by Crippen LogP contribution is 2.43. The quantitative estimate of drug-likeness (QED) is 0.921. The minimum absolute atomic E-state index is 0.222. The number of nitrogens with zero attached hydrogens (tertiary/aromatic N) is 2. The van der Waals surface area contributed by atoms with Crippen molar-refractivity contribution in [2.24, 2.45) is 30.5 Å². The van der Waals surface area contributed by atoms with Gasteiger partial charge in [-0.05, 0) is 43.9 Å². The van der Waals surface area contributed by atoms with Crippen molar-refractivity contribution in [2.75, 3.05) is 0 Å². The molecule has 2 fully saturated rings. The molecule has 2 saturated carbocycles. The summed E-state index contributed by atoms with van der Waals surface area (Å²) in [4.78, 5) is 0. The molecular weight excluding hydrogens is 282 g/mol. The van der Waals surface area contributed by atoms with Gasteiger partial charge in [0.05, 0.1) is 16.4 Å². The summed E-state index contributed by atoms with van der Waals surface area (Å²) in [6, 6.07) is 0.222. The van der Waals surface area contributed by atoms with Crippen LogP contribution in [0.5, 0.6) is 0 Å². The Morgan fingerprint density at radius 2 is 1.95 bits per heavy atom. The van der Waals surface area contributed by atoms with Gasteiger partial charge in [0.1, 0.15) is 0 Å². The number of halogens is 1. The summed E-state index contributed by atoms with van der Waals surface area (Å²) in [6.07, 6.45) is 10.6. The van der Waals surface area contributed by atoms with Gasteiger partial charge in [0.25, 0.3) is 0 Å². The molecule has 0 radical (unpaired) electrons. The second-order valence-corrected chi connectivity index (χ2v) is 7.59. The Morgan fingerprint density at radius 3 is 2.62 bits per heavy atom. The number of fused-ring (bicyclic) bond motifs is 1. The molecule has 3 rings (SSSR count). The third-order valence-corrected chi connectivity index (χ3v) is 6.37. The van der Waals surface area contributed by atoms with Crippen molar-refractivity contribution in [3.63, 3.8) is 0 Å². The van der Waals surface area contributed by atoms with Gasteiger partial charge in [-0.1, -0.05) is 37.3 Å². The van der Waals surface area contributed by atoms with E-state index in [-0.39, 0.29) is 6.04 Å². The van der Waals surface area contributed by atoms with E-state index in [1.54, 1.807) is 0 Å². The van der Waals surface area contributed by atoms with Crippen LogP contribution in [0.25, 0.3) is 0 Å².